The summed E-state index contributed by atoms with van der Waals surface area (Å²) in [4.78, 5) is 27.9. The van der Waals surface area contributed by atoms with Crippen molar-refractivity contribution in [2.24, 2.45) is 0 Å². The Balaban J connectivity index is 1.79. The highest BCUT2D eigenvalue weighted by atomic mass is 79.9. The highest BCUT2D eigenvalue weighted by molar-refractivity contribution is 9.10. The Morgan fingerprint density at radius 2 is 1.87 bits per heavy atom. The summed E-state index contributed by atoms with van der Waals surface area (Å²) in [5, 5.41) is 4.86. The first-order chi connectivity index (χ1) is 14.3. The Hall–Kier alpha value is -2.82. The number of nitrogens with one attached hydrogen (secondary N) is 1. The summed E-state index contributed by atoms with van der Waals surface area (Å²) in [6.45, 7) is 1.22. The number of rotatable bonds is 6. The van der Waals surface area contributed by atoms with Gasteiger partial charge in [0.2, 0.25) is 9.84 Å². The van der Waals surface area contributed by atoms with Crippen molar-refractivity contribution in [3.8, 4) is 5.75 Å². The number of thiazole rings is 1. The predicted octanol–water partition coefficient (Wildman–Crippen LogP) is 4.53. The molecule has 0 aliphatic carbocycles. The molecule has 0 saturated carbocycles. The van der Waals surface area contributed by atoms with E-state index in [-0.39, 0.29) is 21.5 Å². The molecule has 3 aromatic rings. The van der Waals surface area contributed by atoms with Crippen LogP contribution in [-0.4, -0.2) is 25.3 Å². The molecular weight excluding hydrogens is 492 g/mol. The van der Waals surface area contributed by atoms with Gasteiger partial charge in [0.05, 0.1) is 10.0 Å². The van der Waals surface area contributed by atoms with Crippen molar-refractivity contribution < 1.29 is 22.7 Å². The van der Waals surface area contributed by atoms with Crippen molar-refractivity contribution >= 4 is 60.2 Å². The average Bonchev–Trinajstić information content (AvgIpc) is 3.18. The topological polar surface area (TPSA) is 102 Å². The van der Waals surface area contributed by atoms with Gasteiger partial charge in [-0.1, -0.05) is 36.4 Å². The monoisotopic (exact) mass is 506 g/mol. The van der Waals surface area contributed by atoms with Crippen LogP contribution in [0.25, 0.3) is 6.08 Å². The van der Waals surface area contributed by atoms with E-state index in [1.165, 1.54) is 24.4 Å². The van der Waals surface area contributed by atoms with Crippen LogP contribution in [0.1, 0.15) is 22.8 Å². The van der Waals surface area contributed by atoms with Gasteiger partial charge >= 0.3 is 5.97 Å². The third-order valence-corrected chi connectivity index (χ3v) is 6.51. The lowest BCUT2D eigenvalue weighted by molar-refractivity contribution is -0.131. The number of amides is 1. The molecular formula is C20H15BrN2O5S2. The lowest BCUT2D eigenvalue weighted by atomic mass is 10.2. The molecule has 10 heteroatoms. The van der Waals surface area contributed by atoms with Crippen LogP contribution in [0.15, 0.2) is 68.8 Å². The van der Waals surface area contributed by atoms with E-state index in [0.717, 1.165) is 22.3 Å². The normalized spacial score (nSPS) is 11.4. The summed E-state index contributed by atoms with van der Waals surface area (Å²) in [5.74, 6) is -1.10. The molecule has 1 N–H and O–H groups in total. The second kappa shape index (κ2) is 9.33. The Bertz CT molecular complexity index is 1220. The second-order valence-corrected chi connectivity index (χ2v) is 9.41. The van der Waals surface area contributed by atoms with Gasteiger partial charge in [-0.25, -0.2) is 13.4 Å². The molecule has 0 unspecified atom stereocenters. The van der Waals surface area contributed by atoms with Crippen molar-refractivity contribution in [3.63, 3.8) is 0 Å². The van der Waals surface area contributed by atoms with Gasteiger partial charge in [0.15, 0.2) is 15.9 Å². The molecule has 154 valence electrons. The Morgan fingerprint density at radius 3 is 2.57 bits per heavy atom. The molecule has 30 heavy (non-hydrogen) atoms. The predicted molar refractivity (Wildman–Crippen MR) is 118 cm³/mol. The Morgan fingerprint density at radius 1 is 1.13 bits per heavy atom. The van der Waals surface area contributed by atoms with Gasteiger partial charge in [-0.3, -0.25) is 14.9 Å². The number of benzene rings is 2. The smallest absolute Gasteiger partial charge is 0.308 e. The van der Waals surface area contributed by atoms with Crippen LogP contribution in [0.2, 0.25) is 0 Å². The molecule has 0 bridgehead atoms. The summed E-state index contributed by atoms with van der Waals surface area (Å²) in [7, 11) is -3.78. The molecule has 1 aromatic heterocycles. The van der Waals surface area contributed by atoms with Gasteiger partial charge in [-0.15, -0.1) is 11.3 Å². The number of para-hydroxylation sites is 1. The van der Waals surface area contributed by atoms with Crippen LogP contribution >= 0.6 is 27.3 Å². The highest BCUT2D eigenvalue weighted by Crippen LogP contribution is 2.30. The molecule has 1 amide bonds. The number of nitrogens with zero attached hydrogens (tertiary/aromatic N) is 1. The fraction of sp³-hybridized carbons (Fsp3) is 0.0500. The third-order valence-electron chi connectivity index (χ3n) is 3.69. The lowest BCUT2D eigenvalue weighted by Gasteiger charge is -2.10. The minimum atomic E-state index is -3.78. The molecule has 0 spiro atoms. The summed E-state index contributed by atoms with van der Waals surface area (Å²) >= 11 is 4.21. The van der Waals surface area contributed by atoms with E-state index in [1.807, 2.05) is 6.07 Å². The number of anilines is 1. The van der Waals surface area contributed by atoms with Crippen LogP contribution in [0.4, 0.5) is 5.13 Å². The zero-order chi connectivity index (χ0) is 21.7. The number of sulfone groups is 1. The summed E-state index contributed by atoms with van der Waals surface area (Å²) in [5.41, 5.74) is 0.834. The lowest BCUT2D eigenvalue weighted by Crippen LogP contribution is -2.15. The first kappa shape index (κ1) is 21.9. The van der Waals surface area contributed by atoms with Crippen molar-refractivity contribution in [2.75, 3.05) is 5.32 Å². The number of halogens is 1. The molecule has 0 atom stereocenters. The number of carbonyl (C=O) groups is 2. The maximum absolute atomic E-state index is 12.6. The highest BCUT2D eigenvalue weighted by Gasteiger charge is 2.20. The van der Waals surface area contributed by atoms with Gasteiger partial charge in [-0.2, -0.15) is 0 Å². The van der Waals surface area contributed by atoms with Crippen LogP contribution in [0, 0.1) is 0 Å². The van der Waals surface area contributed by atoms with E-state index in [0.29, 0.717) is 4.47 Å². The quantitative estimate of drug-likeness (QED) is 0.389. The number of hydrogen-bond acceptors (Lipinski definition) is 7. The standard InChI is InChI=1S/C20H15BrN2O5S2/c1-13(24)28-18-15(8-5-9-16(18)21)19(25)23-20-22-17(12-29-20)30(26,27)11-10-14-6-3-2-4-7-14/h2-12H,1H3,(H,22,23,25)/b11-10+. The van der Waals surface area contributed by atoms with Gasteiger partial charge in [0.1, 0.15) is 0 Å². The minimum absolute atomic E-state index is 0.0673. The van der Waals surface area contributed by atoms with Gasteiger partial charge < -0.3 is 4.74 Å². The van der Waals surface area contributed by atoms with Gasteiger partial charge in [-0.05, 0) is 39.7 Å². The maximum Gasteiger partial charge on any atom is 0.308 e. The SMILES string of the molecule is CC(=O)Oc1c(Br)cccc1C(=O)Nc1nc(S(=O)(=O)/C=C/c2ccccc2)cs1. The first-order valence-electron chi connectivity index (χ1n) is 8.48. The van der Waals surface area contributed by atoms with Crippen molar-refractivity contribution in [3.05, 3.63) is 74.9 Å². The summed E-state index contributed by atoms with van der Waals surface area (Å²) in [6.07, 6.45) is 1.47. The molecule has 0 fully saturated rings. The molecule has 1 heterocycles. The van der Waals surface area contributed by atoms with Gasteiger partial charge in [0, 0.05) is 17.7 Å². The number of ether oxygens (including phenoxy) is 1. The van der Waals surface area contributed by atoms with Crippen LogP contribution in [-0.2, 0) is 14.6 Å². The van der Waals surface area contributed by atoms with Crippen LogP contribution in [0.3, 0.4) is 0 Å². The van der Waals surface area contributed by atoms with Crippen molar-refractivity contribution in [1.82, 2.24) is 4.98 Å². The molecule has 3 rings (SSSR count). The molecule has 0 aliphatic heterocycles. The van der Waals surface area contributed by atoms with Gasteiger partial charge in [0.25, 0.3) is 5.91 Å². The second-order valence-electron chi connectivity index (χ2n) is 5.91. The van der Waals surface area contributed by atoms with E-state index >= 15 is 0 Å². The fourth-order valence-corrected chi connectivity index (χ4v) is 4.80. The molecule has 0 saturated heterocycles. The fourth-order valence-electron chi connectivity index (χ4n) is 2.35. The average molecular weight is 507 g/mol. The van der Waals surface area contributed by atoms with E-state index in [9.17, 15) is 18.0 Å². The Kier molecular flexibility index (Phi) is 6.80. The number of esters is 1. The zero-order valence-electron chi connectivity index (χ0n) is 15.5. The van der Waals surface area contributed by atoms with E-state index in [4.69, 9.17) is 4.74 Å². The van der Waals surface area contributed by atoms with Crippen LogP contribution < -0.4 is 10.1 Å². The largest absolute Gasteiger partial charge is 0.425 e. The molecule has 0 aliphatic rings. The van der Waals surface area contributed by atoms with Crippen molar-refractivity contribution in [2.45, 2.75) is 11.9 Å². The maximum atomic E-state index is 12.6. The molecule has 7 nitrogen and oxygen atoms in total. The van der Waals surface area contributed by atoms with E-state index in [1.54, 1.807) is 36.4 Å². The third kappa shape index (κ3) is 5.41. The Labute approximate surface area is 185 Å². The van der Waals surface area contributed by atoms with Crippen molar-refractivity contribution in [1.29, 1.82) is 0 Å². The summed E-state index contributed by atoms with van der Waals surface area (Å²) < 4.78 is 30.5. The zero-order valence-corrected chi connectivity index (χ0v) is 18.8. The molecule has 0 radical (unpaired) electrons. The first-order valence-corrected chi connectivity index (χ1v) is 11.7. The summed E-state index contributed by atoms with van der Waals surface area (Å²) in [6, 6.07) is 13.7. The van der Waals surface area contributed by atoms with E-state index < -0.39 is 21.7 Å². The van der Waals surface area contributed by atoms with E-state index in [2.05, 4.69) is 26.2 Å². The number of hydrogen-bond donors (Lipinski definition) is 1. The van der Waals surface area contributed by atoms with Crippen LogP contribution in [0.5, 0.6) is 5.75 Å². The molecule has 2 aromatic carbocycles. The number of aromatic nitrogens is 1. The minimum Gasteiger partial charge on any atom is -0.425 e. The number of carbonyl (C=O) groups excluding carboxylic acids is 2.